The minimum absolute atomic E-state index is 0.0349. The van der Waals surface area contributed by atoms with Crippen LogP contribution in [0.25, 0.3) is 0 Å². The van der Waals surface area contributed by atoms with Gasteiger partial charge in [-0.2, -0.15) is 4.31 Å². The molecule has 0 fully saturated rings. The van der Waals surface area contributed by atoms with Gasteiger partial charge in [-0.25, -0.2) is 13.2 Å². The Morgan fingerprint density at radius 1 is 1.08 bits per heavy atom. The molecule has 0 N–H and O–H groups in total. The van der Waals surface area contributed by atoms with E-state index in [2.05, 4.69) is 0 Å². The predicted octanol–water partition coefficient (Wildman–Crippen LogP) is 2.99. The first-order valence-electron chi connectivity index (χ1n) is 7.63. The fourth-order valence-electron chi connectivity index (χ4n) is 2.45. The topological polar surface area (TPSA) is 63.7 Å². The number of rotatable bonds is 6. The molecule has 0 spiro atoms. The van der Waals surface area contributed by atoms with Crippen LogP contribution in [0.2, 0.25) is 0 Å². The van der Waals surface area contributed by atoms with Gasteiger partial charge in [0.05, 0.1) is 17.6 Å². The summed E-state index contributed by atoms with van der Waals surface area (Å²) in [6.07, 6.45) is 0. The molecule has 0 aliphatic carbocycles. The molecule has 2 rings (SSSR count). The van der Waals surface area contributed by atoms with Gasteiger partial charge >= 0.3 is 5.97 Å². The van der Waals surface area contributed by atoms with Gasteiger partial charge in [0.15, 0.2) is 0 Å². The van der Waals surface area contributed by atoms with E-state index in [1.807, 2.05) is 31.2 Å². The second-order valence-corrected chi connectivity index (χ2v) is 7.25. The number of hydrogen-bond acceptors (Lipinski definition) is 4. The van der Waals surface area contributed by atoms with Crippen LogP contribution in [0, 0.1) is 6.92 Å². The van der Waals surface area contributed by atoms with E-state index in [9.17, 15) is 13.2 Å². The van der Waals surface area contributed by atoms with Crippen molar-refractivity contribution in [1.29, 1.82) is 0 Å². The number of methoxy groups -OCH3 is 1. The van der Waals surface area contributed by atoms with E-state index in [1.54, 1.807) is 19.1 Å². The summed E-state index contributed by atoms with van der Waals surface area (Å²) in [7, 11) is -2.59. The molecule has 0 amide bonds. The number of carbonyl (C=O) groups is 1. The zero-order valence-electron chi connectivity index (χ0n) is 14.0. The molecule has 0 radical (unpaired) electrons. The summed E-state index contributed by atoms with van der Waals surface area (Å²) < 4.78 is 32.1. The van der Waals surface area contributed by atoms with Crippen molar-refractivity contribution >= 4 is 16.0 Å². The van der Waals surface area contributed by atoms with Crippen LogP contribution in [-0.2, 0) is 21.3 Å². The summed E-state index contributed by atoms with van der Waals surface area (Å²) in [6, 6.07) is 13.7. The molecule has 0 saturated carbocycles. The number of carbonyl (C=O) groups excluding carboxylic acids is 1. The number of sulfonamides is 1. The van der Waals surface area contributed by atoms with E-state index in [1.165, 1.54) is 23.5 Å². The molecule has 0 saturated heterocycles. The van der Waals surface area contributed by atoms with E-state index in [4.69, 9.17) is 4.74 Å². The molecule has 0 aliphatic rings. The summed E-state index contributed by atoms with van der Waals surface area (Å²) in [6.45, 7) is 4.27. The van der Waals surface area contributed by atoms with Crippen LogP contribution < -0.4 is 0 Å². The number of ether oxygens (including phenoxy) is 1. The summed E-state index contributed by atoms with van der Waals surface area (Å²) in [5.41, 5.74) is 1.99. The van der Waals surface area contributed by atoms with Crippen LogP contribution in [0.1, 0.15) is 28.4 Å². The molecule has 2 aromatic rings. The molecule has 0 aliphatic heterocycles. The highest BCUT2D eigenvalue weighted by Gasteiger charge is 2.28. The van der Waals surface area contributed by atoms with E-state index >= 15 is 0 Å². The van der Waals surface area contributed by atoms with Gasteiger partial charge in [0, 0.05) is 13.1 Å². The van der Waals surface area contributed by atoms with Gasteiger partial charge < -0.3 is 4.74 Å². The van der Waals surface area contributed by atoms with Gasteiger partial charge in [-0.05, 0) is 30.2 Å². The molecular weight excluding hydrogens is 326 g/mol. The average Bonchev–Trinajstić information content (AvgIpc) is 2.60. The van der Waals surface area contributed by atoms with Crippen LogP contribution in [0.4, 0.5) is 0 Å². The van der Waals surface area contributed by atoms with Gasteiger partial charge in [0.2, 0.25) is 10.0 Å². The van der Waals surface area contributed by atoms with Crippen molar-refractivity contribution < 1.29 is 17.9 Å². The van der Waals surface area contributed by atoms with Gasteiger partial charge in [0.1, 0.15) is 0 Å². The number of benzene rings is 2. The number of esters is 1. The van der Waals surface area contributed by atoms with Crippen LogP contribution >= 0.6 is 0 Å². The highest BCUT2D eigenvalue weighted by Crippen LogP contribution is 2.23. The molecule has 24 heavy (non-hydrogen) atoms. The molecule has 128 valence electrons. The van der Waals surface area contributed by atoms with Gasteiger partial charge in [-0.1, -0.05) is 43.3 Å². The highest BCUT2D eigenvalue weighted by molar-refractivity contribution is 7.89. The van der Waals surface area contributed by atoms with E-state index in [0.29, 0.717) is 6.54 Å². The van der Waals surface area contributed by atoms with Crippen molar-refractivity contribution in [3.05, 3.63) is 65.2 Å². The predicted molar refractivity (Wildman–Crippen MR) is 92.2 cm³/mol. The number of nitrogens with zero attached hydrogens (tertiary/aromatic N) is 1. The van der Waals surface area contributed by atoms with Crippen molar-refractivity contribution in [2.24, 2.45) is 0 Å². The van der Waals surface area contributed by atoms with E-state index in [0.717, 1.165) is 11.1 Å². The lowest BCUT2D eigenvalue weighted by Gasteiger charge is -2.22. The molecule has 2 aromatic carbocycles. The summed E-state index contributed by atoms with van der Waals surface area (Å²) >= 11 is 0. The van der Waals surface area contributed by atoms with Crippen LogP contribution in [0.15, 0.2) is 53.4 Å². The summed E-state index contributed by atoms with van der Waals surface area (Å²) in [5.74, 6) is -0.666. The Kier molecular flexibility index (Phi) is 5.75. The first kappa shape index (κ1) is 18.2. The minimum atomic E-state index is -3.82. The lowest BCUT2D eigenvalue weighted by Crippen LogP contribution is -2.32. The Hall–Kier alpha value is -2.18. The maximum Gasteiger partial charge on any atom is 0.339 e. The second-order valence-electron chi connectivity index (χ2n) is 5.35. The van der Waals surface area contributed by atoms with Crippen LogP contribution in [-0.4, -0.2) is 32.3 Å². The fraction of sp³-hybridized carbons (Fsp3) is 0.278. The standard InChI is InChI=1S/C18H21NO4S/c1-4-19(13-15-10-6-5-9-14(15)2)24(21,22)17-12-8-7-11-16(17)18(20)23-3/h5-12H,4,13H2,1-3H3. The lowest BCUT2D eigenvalue weighted by atomic mass is 10.1. The molecule has 0 heterocycles. The second kappa shape index (κ2) is 7.59. The molecule has 0 atom stereocenters. The summed E-state index contributed by atoms with van der Waals surface area (Å²) in [5, 5.41) is 0. The fourth-order valence-corrected chi connectivity index (χ4v) is 4.06. The Morgan fingerprint density at radius 2 is 1.71 bits per heavy atom. The third-order valence-corrected chi connectivity index (χ3v) is 5.85. The van der Waals surface area contributed by atoms with Gasteiger partial charge in [0.25, 0.3) is 0 Å². The van der Waals surface area contributed by atoms with Crippen molar-refractivity contribution in [2.75, 3.05) is 13.7 Å². The number of aryl methyl sites for hydroxylation is 1. The molecule has 0 bridgehead atoms. The maximum absolute atomic E-state index is 13.0. The quantitative estimate of drug-likeness (QED) is 0.754. The smallest absolute Gasteiger partial charge is 0.339 e. The Morgan fingerprint density at radius 3 is 2.33 bits per heavy atom. The van der Waals surface area contributed by atoms with E-state index in [-0.39, 0.29) is 17.0 Å². The Labute approximate surface area is 142 Å². The highest BCUT2D eigenvalue weighted by atomic mass is 32.2. The third-order valence-electron chi connectivity index (χ3n) is 3.87. The third kappa shape index (κ3) is 3.66. The Balaban J connectivity index is 2.45. The molecule has 6 heteroatoms. The summed E-state index contributed by atoms with van der Waals surface area (Å²) in [4.78, 5) is 11.9. The molecule has 0 aromatic heterocycles. The largest absolute Gasteiger partial charge is 0.465 e. The Bertz CT molecular complexity index is 830. The average molecular weight is 347 g/mol. The zero-order valence-corrected chi connectivity index (χ0v) is 14.8. The minimum Gasteiger partial charge on any atom is -0.465 e. The van der Waals surface area contributed by atoms with Gasteiger partial charge in [-0.3, -0.25) is 0 Å². The van der Waals surface area contributed by atoms with Crippen LogP contribution in [0.3, 0.4) is 0 Å². The van der Waals surface area contributed by atoms with Crippen molar-refractivity contribution in [2.45, 2.75) is 25.3 Å². The lowest BCUT2D eigenvalue weighted by molar-refractivity contribution is 0.0596. The number of hydrogen-bond donors (Lipinski definition) is 0. The zero-order chi connectivity index (χ0) is 17.7. The van der Waals surface area contributed by atoms with Crippen molar-refractivity contribution in [1.82, 2.24) is 4.31 Å². The monoisotopic (exact) mass is 347 g/mol. The molecule has 0 unspecified atom stereocenters. The van der Waals surface area contributed by atoms with Crippen molar-refractivity contribution in [3.8, 4) is 0 Å². The van der Waals surface area contributed by atoms with Crippen molar-refractivity contribution in [3.63, 3.8) is 0 Å². The SMILES string of the molecule is CCN(Cc1ccccc1C)S(=O)(=O)c1ccccc1C(=O)OC. The normalized spacial score (nSPS) is 11.5. The first-order chi connectivity index (χ1) is 11.4. The van der Waals surface area contributed by atoms with Crippen LogP contribution in [0.5, 0.6) is 0 Å². The first-order valence-corrected chi connectivity index (χ1v) is 9.07. The molecule has 5 nitrogen and oxygen atoms in total. The van der Waals surface area contributed by atoms with E-state index < -0.39 is 16.0 Å². The maximum atomic E-state index is 13.0. The molecular formula is C18H21NO4S. The van der Waals surface area contributed by atoms with Gasteiger partial charge in [-0.15, -0.1) is 0 Å².